The number of halogens is 1. The molecular weight excluding hydrogens is 237 g/mol. The number of hydrogen-bond acceptors (Lipinski definition) is 1. The molecule has 0 saturated heterocycles. The molecular formula is C17H20FN. The topological polar surface area (TPSA) is 12.0 Å². The lowest BCUT2D eigenvalue weighted by molar-refractivity contribution is 0.601. The van der Waals surface area contributed by atoms with E-state index in [9.17, 15) is 4.39 Å². The van der Waals surface area contributed by atoms with Gasteiger partial charge in [0.1, 0.15) is 5.82 Å². The van der Waals surface area contributed by atoms with Crippen molar-refractivity contribution < 1.29 is 4.39 Å². The number of rotatable bonds is 5. The predicted octanol–water partition coefficient (Wildman–Crippen LogP) is 4.43. The standard InChI is InChI=1S/C17H20FN/c1-3-14-7-6-9-16(12-14)19-13(2)11-15-8-4-5-10-17(15)18/h4-10,12-13,19H,3,11H2,1-2H3. The Morgan fingerprint density at radius 2 is 1.89 bits per heavy atom. The molecule has 0 bridgehead atoms. The number of nitrogens with one attached hydrogen (secondary N) is 1. The van der Waals surface area contributed by atoms with Crippen molar-refractivity contribution in [1.29, 1.82) is 0 Å². The molecule has 1 nitrogen and oxygen atoms in total. The molecule has 0 amide bonds. The van der Waals surface area contributed by atoms with Gasteiger partial charge >= 0.3 is 0 Å². The summed E-state index contributed by atoms with van der Waals surface area (Å²) < 4.78 is 13.6. The average molecular weight is 257 g/mol. The van der Waals surface area contributed by atoms with Crippen LogP contribution in [-0.4, -0.2) is 6.04 Å². The van der Waals surface area contributed by atoms with Crippen molar-refractivity contribution in [3.8, 4) is 0 Å². The van der Waals surface area contributed by atoms with Crippen molar-refractivity contribution in [2.75, 3.05) is 5.32 Å². The Balaban J connectivity index is 2.01. The van der Waals surface area contributed by atoms with E-state index >= 15 is 0 Å². The van der Waals surface area contributed by atoms with Crippen molar-refractivity contribution in [3.05, 3.63) is 65.5 Å². The Hall–Kier alpha value is -1.83. The van der Waals surface area contributed by atoms with Crippen molar-refractivity contribution >= 4 is 5.69 Å². The number of hydrogen-bond donors (Lipinski definition) is 1. The fraction of sp³-hybridized carbons (Fsp3) is 0.294. The zero-order valence-electron chi connectivity index (χ0n) is 11.5. The Morgan fingerprint density at radius 3 is 2.63 bits per heavy atom. The van der Waals surface area contributed by atoms with Gasteiger partial charge in [0.25, 0.3) is 0 Å². The number of benzene rings is 2. The van der Waals surface area contributed by atoms with Crippen molar-refractivity contribution in [1.82, 2.24) is 0 Å². The van der Waals surface area contributed by atoms with Gasteiger partial charge in [-0.1, -0.05) is 37.3 Å². The molecule has 0 aliphatic rings. The quantitative estimate of drug-likeness (QED) is 0.835. The van der Waals surface area contributed by atoms with Crippen LogP contribution < -0.4 is 5.32 Å². The largest absolute Gasteiger partial charge is 0.382 e. The Bertz CT molecular complexity index is 536. The highest BCUT2D eigenvalue weighted by Crippen LogP contribution is 2.15. The average Bonchev–Trinajstić information content (AvgIpc) is 2.41. The Labute approximate surface area is 114 Å². The molecule has 2 aromatic carbocycles. The monoisotopic (exact) mass is 257 g/mol. The summed E-state index contributed by atoms with van der Waals surface area (Å²) in [5.74, 6) is -0.126. The van der Waals surface area contributed by atoms with Crippen LogP contribution in [0.1, 0.15) is 25.0 Å². The van der Waals surface area contributed by atoms with Crippen molar-refractivity contribution in [2.45, 2.75) is 32.7 Å². The smallest absolute Gasteiger partial charge is 0.126 e. The Kier molecular flexibility index (Phi) is 4.56. The first-order chi connectivity index (χ1) is 9.19. The Morgan fingerprint density at radius 1 is 1.11 bits per heavy atom. The third-order valence-corrected chi connectivity index (χ3v) is 3.23. The summed E-state index contributed by atoms with van der Waals surface area (Å²) in [6, 6.07) is 15.5. The van der Waals surface area contributed by atoms with E-state index in [1.807, 2.05) is 12.1 Å². The minimum Gasteiger partial charge on any atom is -0.382 e. The normalized spacial score (nSPS) is 12.2. The van der Waals surface area contributed by atoms with Crippen LogP contribution in [0.4, 0.5) is 10.1 Å². The summed E-state index contributed by atoms with van der Waals surface area (Å²) in [4.78, 5) is 0. The molecule has 0 fully saturated rings. The van der Waals surface area contributed by atoms with Crippen LogP contribution in [0.3, 0.4) is 0 Å². The van der Waals surface area contributed by atoms with Gasteiger partial charge in [-0.25, -0.2) is 4.39 Å². The molecule has 0 aliphatic heterocycles. The highest BCUT2D eigenvalue weighted by Gasteiger charge is 2.07. The van der Waals surface area contributed by atoms with E-state index in [0.717, 1.165) is 17.7 Å². The first-order valence-electron chi connectivity index (χ1n) is 6.78. The SMILES string of the molecule is CCc1cccc(NC(C)Cc2ccccc2F)c1. The van der Waals surface area contributed by atoms with Crippen LogP contribution in [0, 0.1) is 5.82 Å². The summed E-state index contributed by atoms with van der Waals surface area (Å²) in [7, 11) is 0. The van der Waals surface area contributed by atoms with E-state index in [4.69, 9.17) is 0 Å². The first kappa shape index (κ1) is 13.6. The van der Waals surface area contributed by atoms with Gasteiger partial charge in [0.05, 0.1) is 0 Å². The second kappa shape index (κ2) is 6.37. The predicted molar refractivity (Wildman–Crippen MR) is 79.0 cm³/mol. The molecule has 0 aromatic heterocycles. The third kappa shape index (κ3) is 3.82. The van der Waals surface area contributed by atoms with E-state index in [1.165, 1.54) is 11.6 Å². The van der Waals surface area contributed by atoms with E-state index < -0.39 is 0 Å². The zero-order chi connectivity index (χ0) is 13.7. The molecule has 0 radical (unpaired) electrons. The van der Waals surface area contributed by atoms with Crippen molar-refractivity contribution in [2.24, 2.45) is 0 Å². The number of anilines is 1. The molecule has 1 unspecified atom stereocenters. The maximum atomic E-state index is 13.6. The molecule has 0 aliphatic carbocycles. The summed E-state index contributed by atoms with van der Waals surface area (Å²) in [5.41, 5.74) is 3.17. The molecule has 100 valence electrons. The lowest BCUT2D eigenvalue weighted by Gasteiger charge is -2.16. The fourth-order valence-electron chi connectivity index (χ4n) is 2.21. The van der Waals surface area contributed by atoms with Gasteiger partial charge in [-0.2, -0.15) is 0 Å². The summed E-state index contributed by atoms with van der Waals surface area (Å²) in [6.07, 6.45) is 1.71. The molecule has 0 spiro atoms. The molecule has 2 rings (SSSR count). The van der Waals surface area contributed by atoms with Crippen LogP contribution in [-0.2, 0) is 12.8 Å². The van der Waals surface area contributed by atoms with Gasteiger partial charge in [-0.05, 0) is 49.1 Å². The van der Waals surface area contributed by atoms with Gasteiger partial charge in [-0.3, -0.25) is 0 Å². The lowest BCUT2D eigenvalue weighted by Crippen LogP contribution is -2.18. The maximum absolute atomic E-state index is 13.6. The maximum Gasteiger partial charge on any atom is 0.126 e. The van der Waals surface area contributed by atoms with Crippen LogP contribution in [0.25, 0.3) is 0 Å². The van der Waals surface area contributed by atoms with Crippen LogP contribution in [0.5, 0.6) is 0 Å². The molecule has 0 saturated carbocycles. The molecule has 1 N–H and O–H groups in total. The van der Waals surface area contributed by atoms with Crippen LogP contribution >= 0.6 is 0 Å². The van der Waals surface area contributed by atoms with E-state index in [2.05, 4.69) is 43.4 Å². The summed E-state index contributed by atoms with van der Waals surface area (Å²) in [6.45, 7) is 4.22. The highest BCUT2D eigenvalue weighted by molar-refractivity contribution is 5.46. The van der Waals surface area contributed by atoms with Crippen molar-refractivity contribution in [3.63, 3.8) is 0 Å². The second-order valence-electron chi connectivity index (χ2n) is 4.89. The first-order valence-corrected chi connectivity index (χ1v) is 6.78. The van der Waals surface area contributed by atoms with Gasteiger partial charge in [0.2, 0.25) is 0 Å². The fourth-order valence-corrected chi connectivity index (χ4v) is 2.21. The summed E-state index contributed by atoms with van der Waals surface area (Å²) in [5, 5.41) is 3.43. The molecule has 2 heteroatoms. The zero-order valence-corrected chi connectivity index (χ0v) is 11.5. The van der Waals surface area contributed by atoms with Gasteiger partial charge in [0, 0.05) is 11.7 Å². The highest BCUT2D eigenvalue weighted by atomic mass is 19.1. The van der Waals surface area contributed by atoms with Crippen LogP contribution in [0.15, 0.2) is 48.5 Å². The molecule has 2 aromatic rings. The molecule has 0 heterocycles. The second-order valence-corrected chi connectivity index (χ2v) is 4.89. The van der Waals surface area contributed by atoms with E-state index in [-0.39, 0.29) is 11.9 Å². The van der Waals surface area contributed by atoms with Crippen LogP contribution in [0.2, 0.25) is 0 Å². The minimum absolute atomic E-state index is 0.126. The molecule has 1 atom stereocenters. The van der Waals surface area contributed by atoms with E-state index in [1.54, 1.807) is 6.07 Å². The number of aryl methyl sites for hydroxylation is 1. The van der Waals surface area contributed by atoms with Gasteiger partial charge in [-0.15, -0.1) is 0 Å². The van der Waals surface area contributed by atoms with Gasteiger partial charge < -0.3 is 5.32 Å². The van der Waals surface area contributed by atoms with Gasteiger partial charge in [0.15, 0.2) is 0 Å². The third-order valence-electron chi connectivity index (χ3n) is 3.23. The summed E-state index contributed by atoms with van der Waals surface area (Å²) >= 11 is 0. The lowest BCUT2D eigenvalue weighted by atomic mass is 10.1. The van der Waals surface area contributed by atoms with E-state index in [0.29, 0.717) is 6.42 Å². The minimum atomic E-state index is -0.126. The molecule has 19 heavy (non-hydrogen) atoms.